The minimum Gasteiger partial charge on any atom is -0.494 e. The number of likely N-dealkylation sites (tertiary alicyclic amines) is 1. The zero-order valence-corrected chi connectivity index (χ0v) is 24.3. The first-order chi connectivity index (χ1) is 18.9. The number of halogens is 1. The lowest BCUT2D eigenvalue weighted by Crippen LogP contribution is -2.32. The number of hydrogen-bond donors (Lipinski definition) is 1. The van der Waals surface area contributed by atoms with Crippen LogP contribution in [0.3, 0.4) is 0 Å². The van der Waals surface area contributed by atoms with Gasteiger partial charge in [-0.1, -0.05) is 16.8 Å². The van der Waals surface area contributed by atoms with Crippen molar-refractivity contribution in [3.8, 4) is 28.4 Å². The molecule has 6 rings (SSSR count). The Morgan fingerprint density at radius 3 is 2.69 bits per heavy atom. The van der Waals surface area contributed by atoms with Crippen LogP contribution >= 0.6 is 11.6 Å². The van der Waals surface area contributed by atoms with Crippen LogP contribution in [0.15, 0.2) is 22.7 Å². The number of aromatic nitrogens is 3. The second kappa shape index (κ2) is 10.7. The molecule has 1 aliphatic carbocycles. The van der Waals surface area contributed by atoms with E-state index in [1.54, 1.807) is 0 Å². The van der Waals surface area contributed by atoms with Crippen LogP contribution in [0.5, 0.6) is 5.75 Å². The third-order valence-corrected chi connectivity index (χ3v) is 9.01. The number of nitrogens with one attached hydrogen (secondary N) is 1. The van der Waals surface area contributed by atoms with E-state index in [4.69, 9.17) is 30.8 Å². The van der Waals surface area contributed by atoms with Gasteiger partial charge in [-0.05, 0) is 91.2 Å². The Labute approximate surface area is 236 Å². The fraction of sp³-hybridized carbons (Fsp3) is 0.567. The fourth-order valence-electron chi connectivity index (χ4n) is 6.37. The summed E-state index contributed by atoms with van der Waals surface area (Å²) in [6.45, 7) is 12.0. The van der Waals surface area contributed by atoms with E-state index in [0.29, 0.717) is 22.9 Å². The first-order valence-electron chi connectivity index (χ1n) is 14.3. The summed E-state index contributed by atoms with van der Waals surface area (Å²) >= 11 is 6.76. The highest BCUT2D eigenvalue weighted by Gasteiger charge is 2.47. The Morgan fingerprint density at radius 1 is 1.13 bits per heavy atom. The lowest BCUT2D eigenvalue weighted by atomic mass is 9.86. The second-order valence-electron chi connectivity index (χ2n) is 11.6. The second-order valence-corrected chi connectivity index (χ2v) is 12.0. The van der Waals surface area contributed by atoms with Gasteiger partial charge in [0.25, 0.3) is 0 Å². The smallest absolute Gasteiger partial charge is 0.163 e. The molecule has 1 spiro atoms. The number of hydrogen-bond acceptors (Lipinski definition) is 8. The summed E-state index contributed by atoms with van der Waals surface area (Å²) in [7, 11) is 1.95. The van der Waals surface area contributed by atoms with Gasteiger partial charge in [0.15, 0.2) is 5.82 Å². The van der Waals surface area contributed by atoms with Crippen molar-refractivity contribution < 1.29 is 9.26 Å². The van der Waals surface area contributed by atoms with E-state index in [-0.39, 0.29) is 0 Å². The molecule has 2 aliphatic heterocycles. The van der Waals surface area contributed by atoms with Gasteiger partial charge in [0.05, 0.1) is 28.6 Å². The predicted octanol–water partition coefficient (Wildman–Crippen LogP) is 5.43. The number of nitrogens with zero attached hydrogens (tertiary/aromatic N) is 5. The van der Waals surface area contributed by atoms with Crippen LogP contribution in [0.4, 0.5) is 5.82 Å². The van der Waals surface area contributed by atoms with Crippen molar-refractivity contribution >= 4 is 17.4 Å². The van der Waals surface area contributed by atoms with Crippen molar-refractivity contribution in [3.05, 3.63) is 40.2 Å². The van der Waals surface area contributed by atoms with Crippen LogP contribution in [0, 0.1) is 26.2 Å². The van der Waals surface area contributed by atoms with Gasteiger partial charge < -0.3 is 19.5 Å². The summed E-state index contributed by atoms with van der Waals surface area (Å²) < 4.78 is 11.6. The third-order valence-electron chi connectivity index (χ3n) is 8.68. The fourth-order valence-corrected chi connectivity index (χ4v) is 6.57. The molecular weight excluding hydrogens is 512 g/mol. The summed E-state index contributed by atoms with van der Waals surface area (Å²) in [6, 6.07) is 6.57. The average Bonchev–Trinajstić information content (AvgIpc) is 3.45. The molecule has 1 unspecified atom stereocenters. The normalized spacial score (nSPS) is 21.4. The van der Waals surface area contributed by atoms with Gasteiger partial charge in [-0.3, -0.25) is 4.90 Å². The molecular formula is C30H39ClN6O2. The SMILES string of the molecule is CNCCCOc1ccc(Cl)c(-c2nc(-c3c(C)noc3C)c(C)c(N3CCC4(CCN(C5CC5)C4)C3)n2)c1. The molecule has 208 valence electrons. The molecule has 8 nitrogen and oxygen atoms in total. The van der Waals surface area contributed by atoms with E-state index in [1.165, 1.54) is 38.8 Å². The van der Waals surface area contributed by atoms with Crippen LogP contribution in [-0.4, -0.2) is 72.4 Å². The number of benzene rings is 1. The summed E-state index contributed by atoms with van der Waals surface area (Å²) in [4.78, 5) is 15.5. The quantitative estimate of drug-likeness (QED) is 0.353. The number of aryl methyl sites for hydroxylation is 2. The lowest BCUT2D eigenvalue weighted by Gasteiger charge is -2.26. The molecule has 1 saturated carbocycles. The van der Waals surface area contributed by atoms with Gasteiger partial charge in [0, 0.05) is 42.2 Å². The molecule has 0 bridgehead atoms. The molecule has 1 aromatic carbocycles. The molecule has 9 heteroatoms. The molecule has 0 amide bonds. The lowest BCUT2D eigenvalue weighted by molar-refractivity contribution is 0.269. The minimum absolute atomic E-state index is 0.349. The minimum atomic E-state index is 0.349. The molecule has 4 heterocycles. The molecule has 0 radical (unpaired) electrons. The predicted molar refractivity (Wildman–Crippen MR) is 155 cm³/mol. The van der Waals surface area contributed by atoms with Gasteiger partial charge in [0.1, 0.15) is 17.3 Å². The van der Waals surface area contributed by atoms with Crippen molar-refractivity contribution in [1.82, 2.24) is 25.3 Å². The highest BCUT2D eigenvalue weighted by atomic mass is 35.5. The zero-order chi connectivity index (χ0) is 27.1. The van der Waals surface area contributed by atoms with Crippen LogP contribution < -0.4 is 15.0 Å². The van der Waals surface area contributed by atoms with Gasteiger partial charge >= 0.3 is 0 Å². The maximum atomic E-state index is 6.76. The van der Waals surface area contributed by atoms with E-state index < -0.39 is 0 Å². The number of rotatable bonds is 9. The zero-order valence-electron chi connectivity index (χ0n) is 23.5. The van der Waals surface area contributed by atoms with Crippen molar-refractivity contribution in [1.29, 1.82) is 0 Å². The maximum absolute atomic E-state index is 6.76. The van der Waals surface area contributed by atoms with Crippen molar-refractivity contribution in [2.24, 2.45) is 5.41 Å². The van der Waals surface area contributed by atoms with Gasteiger partial charge in [-0.25, -0.2) is 9.97 Å². The van der Waals surface area contributed by atoms with Gasteiger partial charge in [-0.2, -0.15) is 0 Å². The third kappa shape index (κ3) is 5.26. The average molecular weight is 551 g/mol. The summed E-state index contributed by atoms with van der Waals surface area (Å²) in [5.74, 6) is 3.10. The van der Waals surface area contributed by atoms with Crippen molar-refractivity contribution in [2.45, 2.75) is 58.9 Å². The largest absolute Gasteiger partial charge is 0.494 e. The van der Waals surface area contributed by atoms with Gasteiger partial charge in [-0.15, -0.1) is 0 Å². The highest BCUT2D eigenvalue weighted by molar-refractivity contribution is 6.33. The Hall–Kier alpha value is -2.68. The van der Waals surface area contributed by atoms with E-state index in [1.807, 2.05) is 39.1 Å². The first kappa shape index (κ1) is 26.5. The summed E-state index contributed by atoms with van der Waals surface area (Å²) in [5.41, 5.74) is 4.79. The maximum Gasteiger partial charge on any atom is 0.163 e. The summed E-state index contributed by atoms with van der Waals surface area (Å²) in [6.07, 6.45) is 6.13. The van der Waals surface area contributed by atoms with Crippen molar-refractivity contribution in [2.75, 3.05) is 51.3 Å². The van der Waals surface area contributed by atoms with E-state index in [2.05, 4.69) is 27.2 Å². The van der Waals surface area contributed by atoms with E-state index in [0.717, 1.165) is 77.5 Å². The molecule has 2 aromatic heterocycles. The van der Waals surface area contributed by atoms with Gasteiger partial charge in [0.2, 0.25) is 0 Å². The number of anilines is 1. The molecule has 39 heavy (non-hydrogen) atoms. The highest BCUT2D eigenvalue weighted by Crippen LogP contribution is 2.46. The monoisotopic (exact) mass is 550 g/mol. The number of ether oxygens (including phenoxy) is 1. The molecule has 1 atom stereocenters. The Balaban J connectivity index is 1.38. The van der Waals surface area contributed by atoms with Crippen LogP contribution in [0.2, 0.25) is 5.02 Å². The van der Waals surface area contributed by atoms with Crippen LogP contribution in [0.25, 0.3) is 22.6 Å². The van der Waals surface area contributed by atoms with Crippen LogP contribution in [-0.2, 0) is 0 Å². The molecule has 3 aliphatic rings. The molecule has 1 N–H and O–H groups in total. The van der Waals surface area contributed by atoms with Crippen LogP contribution in [0.1, 0.15) is 49.1 Å². The Bertz CT molecular complexity index is 1340. The Kier molecular flexibility index (Phi) is 7.29. The summed E-state index contributed by atoms with van der Waals surface area (Å²) in [5, 5.41) is 7.98. The van der Waals surface area contributed by atoms with Crippen molar-refractivity contribution in [3.63, 3.8) is 0 Å². The van der Waals surface area contributed by atoms with E-state index in [9.17, 15) is 0 Å². The molecule has 3 fully saturated rings. The van der Waals surface area contributed by atoms with E-state index >= 15 is 0 Å². The topological polar surface area (TPSA) is 79.5 Å². The Morgan fingerprint density at radius 2 is 1.95 bits per heavy atom. The standard InChI is InChI=1S/C30H39ClN6O2/c1-19-27(26-20(2)35-39-21(26)3)33-28(24-16-23(8-9-25(24)31)38-15-5-12-32-4)34-29(19)37-14-11-30(18-37)10-13-36(17-30)22-6-7-22/h8-9,16,22,32H,5-7,10-15,17-18H2,1-4H3. The molecule has 3 aromatic rings. The first-order valence-corrected chi connectivity index (χ1v) is 14.6. The molecule has 2 saturated heterocycles.